The number of primary amides is 1. The molecule has 5 atom stereocenters. The third-order valence-electron chi connectivity index (χ3n) is 7.78. The van der Waals surface area contributed by atoms with Crippen LogP contribution in [0.3, 0.4) is 0 Å². The Morgan fingerprint density at radius 1 is 0.685 bits per heavy atom. The van der Waals surface area contributed by atoms with Crippen molar-refractivity contribution < 1.29 is 38.7 Å². The van der Waals surface area contributed by atoms with Crippen LogP contribution in [0.15, 0.2) is 40.3 Å². The van der Waals surface area contributed by atoms with Crippen LogP contribution in [0.4, 0.5) is 0 Å². The van der Waals surface area contributed by atoms with E-state index in [0.717, 1.165) is 0 Å². The quantitative estimate of drug-likeness (QED) is 0.0255. The normalized spacial score (nSPS) is 13.5. The molecule has 0 bridgehead atoms. The number of nitrogens with zero attached hydrogens (tertiary/aromatic N) is 2. The zero-order valence-corrected chi connectivity index (χ0v) is 30.6. The van der Waals surface area contributed by atoms with Crippen molar-refractivity contribution in [2.24, 2.45) is 50.3 Å². The zero-order chi connectivity index (χ0) is 40.8. The van der Waals surface area contributed by atoms with E-state index in [0.29, 0.717) is 12.0 Å². The van der Waals surface area contributed by atoms with E-state index in [9.17, 15) is 38.7 Å². The number of amides is 6. The van der Waals surface area contributed by atoms with E-state index in [1.54, 1.807) is 44.2 Å². The van der Waals surface area contributed by atoms with Crippen molar-refractivity contribution in [3.05, 3.63) is 35.9 Å². The molecule has 0 fully saturated rings. The fourth-order valence-electron chi connectivity index (χ4n) is 4.89. The Bertz CT molecular complexity index is 1480. The maximum atomic E-state index is 13.8. The highest BCUT2D eigenvalue weighted by Gasteiger charge is 2.32. The predicted octanol–water partition coefficient (Wildman–Crippen LogP) is -4.27. The lowest BCUT2D eigenvalue weighted by molar-refractivity contribution is -0.142. The number of benzene rings is 1. The van der Waals surface area contributed by atoms with Crippen molar-refractivity contribution in [3.63, 3.8) is 0 Å². The van der Waals surface area contributed by atoms with Crippen LogP contribution in [0.25, 0.3) is 0 Å². The van der Waals surface area contributed by atoms with E-state index in [4.69, 9.17) is 34.4 Å². The highest BCUT2D eigenvalue weighted by molar-refractivity contribution is 5.96. The van der Waals surface area contributed by atoms with Crippen LogP contribution in [0.2, 0.25) is 0 Å². The average molecular weight is 762 g/mol. The molecular formula is C33H55N13O8. The van der Waals surface area contributed by atoms with Crippen molar-refractivity contribution in [3.8, 4) is 0 Å². The van der Waals surface area contributed by atoms with E-state index in [-0.39, 0.29) is 63.5 Å². The molecule has 0 aromatic heterocycles. The number of aliphatic carboxylic acids is 1. The van der Waals surface area contributed by atoms with Crippen molar-refractivity contribution in [2.75, 3.05) is 19.6 Å². The molecule has 6 amide bonds. The summed E-state index contributed by atoms with van der Waals surface area (Å²) in [5.41, 5.74) is 33.0. The summed E-state index contributed by atoms with van der Waals surface area (Å²) in [7, 11) is 0. The van der Waals surface area contributed by atoms with Crippen LogP contribution in [0.5, 0.6) is 0 Å². The van der Waals surface area contributed by atoms with Crippen molar-refractivity contribution in [1.82, 2.24) is 26.6 Å². The number of hydrogen-bond donors (Lipinski definition) is 12. The lowest BCUT2D eigenvalue weighted by atomic mass is 10.0. The molecule has 0 saturated heterocycles. The molecule has 0 spiro atoms. The first-order chi connectivity index (χ1) is 25.4. The van der Waals surface area contributed by atoms with E-state index < -0.39 is 84.1 Å². The monoisotopic (exact) mass is 761 g/mol. The summed E-state index contributed by atoms with van der Waals surface area (Å²) in [6.07, 6.45) is 0.170. The summed E-state index contributed by atoms with van der Waals surface area (Å²) in [5.74, 6) is -6.66. The first kappa shape index (κ1) is 46.0. The minimum Gasteiger partial charge on any atom is -0.480 e. The van der Waals surface area contributed by atoms with Crippen LogP contribution in [0.1, 0.15) is 57.9 Å². The lowest BCUT2D eigenvalue weighted by Gasteiger charge is -2.27. The Kier molecular flexibility index (Phi) is 20.7. The maximum absolute atomic E-state index is 13.8. The summed E-state index contributed by atoms with van der Waals surface area (Å²) in [5, 5.41) is 22.2. The van der Waals surface area contributed by atoms with E-state index >= 15 is 0 Å². The largest absolute Gasteiger partial charge is 0.480 e. The Balaban J connectivity index is 3.17. The van der Waals surface area contributed by atoms with Crippen molar-refractivity contribution >= 4 is 53.3 Å². The molecule has 1 rings (SSSR count). The van der Waals surface area contributed by atoms with E-state index in [1.807, 2.05) is 0 Å². The molecule has 1 aromatic rings. The number of hydrogen-bond acceptors (Lipinski definition) is 10. The smallest absolute Gasteiger partial charge is 0.326 e. The molecule has 0 heterocycles. The Morgan fingerprint density at radius 3 is 1.76 bits per heavy atom. The second-order valence-electron chi connectivity index (χ2n) is 12.7. The van der Waals surface area contributed by atoms with Crippen molar-refractivity contribution in [1.29, 1.82) is 0 Å². The molecule has 0 aliphatic heterocycles. The number of guanidine groups is 2. The number of carbonyl (C=O) groups is 7. The number of carboxylic acids is 1. The fourth-order valence-corrected chi connectivity index (χ4v) is 4.89. The second kappa shape index (κ2) is 24.3. The Labute approximate surface area is 313 Å². The summed E-state index contributed by atoms with van der Waals surface area (Å²) in [4.78, 5) is 96.8. The molecular weight excluding hydrogens is 706 g/mol. The summed E-state index contributed by atoms with van der Waals surface area (Å²) in [6.45, 7) is 3.19. The molecule has 0 radical (unpaired) electrons. The minimum absolute atomic E-state index is 0.0347. The summed E-state index contributed by atoms with van der Waals surface area (Å²) >= 11 is 0. The maximum Gasteiger partial charge on any atom is 0.326 e. The highest BCUT2D eigenvalue weighted by atomic mass is 16.4. The molecule has 18 N–H and O–H groups in total. The van der Waals surface area contributed by atoms with Gasteiger partial charge in [0.05, 0.1) is 12.6 Å². The topological polar surface area (TPSA) is 381 Å². The summed E-state index contributed by atoms with van der Waals surface area (Å²) < 4.78 is 0. The number of nitrogens with two attached hydrogens (primary N) is 6. The van der Waals surface area contributed by atoms with Gasteiger partial charge in [-0.15, -0.1) is 0 Å². The lowest BCUT2D eigenvalue weighted by Crippen LogP contribution is -2.59. The van der Waals surface area contributed by atoms with Gasteiger partial charge >= 0.3 is 5.97 Å². The van der Waals surface area contributed by atoms with Gasteiger partial charge in [-0.25, -0.2) is 4.79 Å². The van der Waals surface area contributed by atoms with E-state index in [2.05, 4.69) is 36.6 Å². The first-order valence-corrected chi connectivity index (χ1v) is 17.3. The number of aliphatic imine (C=N–C) groups is 2. The zero-order valence-electron chi connectivity index (χ0n) is 30.6. The van der Waals surface area contributed by atoms with Gasteiger partial charge in [0, 0.05) is 25.9 Å². The first-order valence-electron chi connectivity index (χ1n) is 17.3. The SMILES string of the molecule is CC(C)[C@H](NC(=O)CNC(=O)[C@@H](N)CCCN=C(N)N)C(=O)N[C@@H](Cc1ccccc1)C(=O)N[C@@H](CCCN=C(N)N)C(=O)N[C@@H](CCC(N)=O)C(=O)O. The van der Waals surface area contributed by atoms with Crippen LogP contribution in [-0.4, -0.2) is 108 Å². The van der Waals surface area contributed by atoms with Crippen molar-refractivity contribution in [2.45, 2.75) is 89.0 Å². The average Bonchev–Trinajstić information content (AvgIpc) is 3.10. The Hall–Kier alpha value is -5.99. The van der Waals surface area contributed by atoms with Gasteiger partial charge < -0.3 is 66.1 Å². The van der Waals surface area contributed by atoms with Gasteiger partial charge in [0.1, 0.15) is 24.2 Å². The number of nitrogens with one attached hydrogen (secondary N) is 5. The van der Waals surface area contributed by atoms with Gasteiger partial charge in [-0.2, -0.15) is 0 Å². The van der Waals surface area contributed by atoms with Gasteiger partial charge in [0.25, 0.3) is 0 Å². The Morgan fingerprint density at radius 2 is 1.22 bits per heavy atom. The van der Waals surface area contributed by atoms with Crippen LogP contribution >= 0.6 is 0 Å². The van der Waals surface area contributed by atoms with Gasteiger partial charge in [-0.05, 0) is 43.6 Å². The van der Waals surface area contributed by atoms with E-state index in [1.165, 1.54) is 0 Å². The fraction of sp³-hybridized carbons (Fsp3) is 0.545. The van der Waals surface area contributed by atoms with Gasteiger partial charge in [0.2, 0.25) is 35.4 Å². The number of carbonyl (C=O) groups excluding carboxylic acids is 6. The van der Waals surface area contributed by atoms with Gasteiger partial charge in [0.15, 0.2) is 11.9 Å². The van der Waals surface area contributed by atoms with Gasteiger partial charge in [-0.1, -0.05) is 44.2 Å². The minimum atomic E-state index is -1.49. The molecule has 54 heavy (non-hydrogen) atoms. The standard InChI is InChI=1S/C33H55N13O8/c1-18(2)26(46-25(48)17-42-27(49)20(34)10-6-14-40-32(36)37)30(52)45-23(16-19-8-4-3-5-9-19)29(51)43-21(11-7-15-41-33(38)39)28(50)44-22(31(53)54)12-13-24(35)47/h3-5,8-9,18,20-23,26H,6-7,10-17,34H2,1-2H3,(H2,35,47)(H,42,49)(H,43,51)(H,44,50)(H,45,52)(H,46,48)(H,53,54)(H4,36,37,40)(H4,38,39,41)/t20-,21-,22-,23-,26-/m0/s1. The predicted molar refractivity (Wildman–Crippen MR) is 200 cm³/mol. The molecule has 21 heteroatoms. The second-order valence-corrected chi connectivity index (χ2v) is 12.7. The van der Waals surface area contributed by atoms with Gasteiger partial charge in [-0.3, -0.25) is 38.8 Å². The van der Waals surface area contributed by atoms with Crippen LogP contribution < -0.4 is 61.0 Å². The molecule has 300 valence electrons. The number of carboxylic acid groups (broad SMARTS) is 1. The third-order valence-corrected chi connectivity index (χ3v) is 7.78. The third kappa shape index (κ3) is 19.0. The summed E-state index contributed by atoms with van der Waals surface area (Å²) in [6, 6.07) is 2.46. The molecule has 0 saturated carbocycles. The molecule has 0 aliphatic rings. The molecule has 21 nitrogen and oxygen atoms in total. The molecule has 1 aromatic carbocycles. The molecule has 0 unspecified atom stereocenters. The van der Waals surface area contributed by atoms with Crippen LogP contribution in [0, 0.1) is 5.92 Å². The number of rotatable bonds is 25. The molecule has 0 aliphatic carbocycles. The highest BCUT2D eigenvalue weighted by Crippen LogP contribution is 2.09. The van der Waals surface area contributed by atoms with Crippen LogP contribution in [-0.2, 0) is 40.0 Å².